The van der Waals surface area contributed by atoms with Crippen LogP contribution >= 0.6 is 27.5 Å². The lowest BCUT2D eigenvalue weighted by Crippen LogP contribution is -2.53. The molecule has 0 atom stereocenters. The number of pyridine rings is 1. The first-order valence-corrected chi connectivity index (χ1v) is 5.71. The van der Waals surface area contributed by atoms with E-state index in [1.54, 1.807) is 6.20 Å². The van der Waals surface area contributed by atoms with Gasteiger partial charge in [0.25, 0.3) is 0 Å². The van der Waals surface area contributed by atoms with Crippen LogP contribution in [0, 0.1) is 5.41 Å². The van der Waals surface area contributed by atoms with Crippen LogP contribution in [-0.4, -0.2) is 18.1 Å². The van der Waals surface area contributed by atoms with Crippen LogP contribution in [0.5, 0.6) is 0 Å². The molecule has 0 bridgehead atoms. The number of aromatic nitrogens is 1. The maximum absolute atomic E-state index is 6.10. The molecule has 76 valence electrons. The largest absolute Gasteiger partial charge is 0.354 e. The summed E-state index contributed by atoms with van der Waals surface area (Å²) in [7, 11) is 0. The van der Waals surface area contributed by atoms with E-state index in [9.17, 15) is 0 Å². The minimum absolute atomic E-state index is 0.401. The molecule has 1 aliphatic heterocycles. The van der Waals surface area contributed by atoms with E-state index in [-0.39, 0.29) is 0 Å². The quantitative estimate of drug-likeness (QED) is 0.781. The minimum atomic E-state index is 0.401. The Labute approximate surface area is 97.4 Å². The fourth-order valence-electron chi connectivity index (χ4n) is 1.78. The smallest absolute Gasteiger partial charge is 0.147 e. The molecular formula is C10H12BrClN2. The van der Waals surface area contributed by atoms with Gasteiger partial charge >= 0.3 is 0 Å². The van der Waals surface area contributed by atoms with Gasteiger partial charge in [-0.25, -0.2) is 4.98 Å². The van der Waals surface area contributed by atoms with Crippen LogP contribution in [0.3, 0.4) is 0 Å². The third-order valence-electron chi connectivity index (χ3n) is 2.33. The lowest BCUT2D eigenvalue weighted by atomic mass is 9.84. The Morgan fingerprint density at radius 1 is 1.50 bits per heavy atom. The van der Waals surface area contributed by atoms with Crippen molar-refractivity contribution >= 4 is 33.3 Å². The molecule has 2 heterocycles. The molecule has 0 aliphatic carbocycles. The van der Waals surface area contributed by atoms with Crippen LogP contribution in [0.1, 0.15) is 13.8 Å². The van der Waals surface area contributed by atoms with E-state index in [4.69, 9.17) is 11.6 Å². The summed E-state index contributed by atoms with van der Waals surface area (Å²) in [5.41, 5.74) is 0.401. The molecule has 0 amide bonds. The van der Waals surface area contributed by atoms with E-state index in [2.05, 4.69) is 39.7 Å². The molecule has 0 spiro atoms. The van der Waals surface area contributed by atoms with E-state index < -0.39 is 0 Å². The van der Waals surface area contributed by atoms with Crippen molar-refractivity contribution in [3.63, 3.8) is 0 Å². The molecule has 0 unspecified atom stereocenters. The topological polar surface area (TPSA) is 16.1 Å². The molecule has 1 aromatic rings. The Morgan fingerprint density at radius 2 is 2.14 bits per heavy atom. The molecule has 4 heteroatoms. The van der Waals surface area contributed by atoms with Crippen molar-refractivity contribution in [2.75, 3.05) is 18.0 Å². The highest BCUT2D eigenvalue weighted by atomic mass is 79.9. The first-order chi connectivity index (χ1) is 6.48. The summed E-state index contributed by atoms with van der Waals surface area (Å²) in [5.74, 6) is 0.897. The zero-order valence-electron chi connectivity index (χ0n) is 8.22. The molecule has 14 heavy (non-hydrogen) atoms. The lowest BCUT2D eigenvalue weighted by molar-refractivity contribution is 0.274. The fourth-order valence-corrected chi connectivity index (χ4v) is 2.53. The summed E-state index contributed by atoms with van der Waals surface area (Å²) in [6.45, 7) is 6.55. The summed E-state index contributed by atoms with van der Waals surface area (Å²) >= 11 is 9.44. The van der Waals surface area contributed by atoms with E-state index in [1.165, 1.54) is 0 Å². The molecule has 1 aliphatic rings. The van der Waals surface area contributed by atoms with Gasteiger partial charge in [0.05, 0.1) is 5.02 Å². The number of hydrogen-bond donors (Lipinski definition) is 0. The van der Waals surface area contributed by atoms with Crippen molar-refractivity contribution in [2.24, 2.45) is 5.41 Å². The average Bonchev–Trinajstić information content (AvgIpc) is 2.00. The average molecular weight is 276 g/mol. The number of anilines is 1. The van der Waals surface area contributed by atoms with Gasteiger partial charge in [-0.15, -0.1) is 0 Å². The Kier molecular flexibility index (Phi) is 2.48. The first kappa shape index (κ1) is 10.2. The third kappa shape index (κ3) is 1.89. The van der Waals surface area contributed by atoms with Gasteiger partial charge in [0.1, 0.15) is 5.82 Å². The molecule has 1 fully saturated rings. The van der Waals surface area contributed by atoms with Crippen LogP contribution in [-0.2, 0) is 0 Å². The molecule has 0 radical (unpaired) electrons. The molecular weight excluding hydrogens is 263 g/mol. The maximum atomic E-state index is 6.10. The zero-order valence-corrected chi connectivity index (χ0v) is 10.6. The van der Waals surface area contributed by atoms with Crippen LogP contribution < -0.4 is 4.90 Å². The van der Waals surface area contributed by atoms with Crippen molar-refractivity contribution in [3.05, 3.63) is 21.8 Å². The molecule has 2 nitrogen and oxygen atoms in total. The minimum Gasteiger partial charge on any atom is -0.354 e. The Bertz CT molecular complexity index is 357. The monoisotopic (exact) mass is 274 g/mol. The van der Waals surface area contributed by atoms with Crippen molar-refractivity contribution in [3.8, 4) is 0 Å². The van der Waals surface area contributed by atoms with Crippen molar-refractivity contribution < 1.29 is 0 Å². The summed E-state index contributed by atoms with van der Waals surface area (Å²) in [6, 6.07) is 1.88. The van der Waals surface area contributed by atoms with E-state index in [1.807, 2.05) is 6.07 Å². The predicted molar refractivity (Wildman–Crippen MR) is 62.9 cm³/mol. The number of hydrogen-bond acceptors (Lipinski definition) is 2. The van der Waals surface area contributed by atoms with Crippen LogP contribution in [0.4, 0.5) is 5.82 Å². The van der Waals surface area contributed by atoms with Gasteiger partial charge in [0.2, 0.25) is 0 Å². The molecule has 0 saturated carbocycles. The first-order valence-electron chi connectivity index (χ1n) is 4.54. The predicted octanol–water partition coefficient (Wildman–Crippen LogP) is 3.34. The van der Waals surface area contributed by atoms with Crippen LogP contribution in [0.2, 0.25) is 5.02 Å². The Morgan fingerprint density at radius 3 is 2.64 bits per heavy atom. The fraction of sp³-hybridized carbons (Fsp3) is 0.500. The molecule has 1 saturated heterocycles. The SMILES string of the molecule is CC1(C)CN(c2ncc(Br)cc2Cl)C1. The second-order valence-electron chi connectivity index (χ2n) is 4.48. The molecule has 1 aromatic heterocycles. The van der Waals surface area contributed by atoms with E-state index >= 15 is 0 Å². The highest BCUT2D eigenvalue weighted by Crippen LogP contribution is 2.36. The van der Waals surface area contributed by atoms with Gasteiger partial charge in [-0.05, 0) is 27.4 Å². The van der Waals surface area contributed by atoms with Gasteiger partial charge in [-0.3, -0.25) is 0 Å². The summed E-state index contributed by atoms with van der Waals surface area (Å²) in [5, 5.41) is 0.717. The second kappa shape index (κ2) is 3.38. The van der Waals surface area contributed by atoms with E-state index in [0.29, 0.717) is 5.41 Å². The summed E-state index contributed by atoms with van der Waals surface area (Å²) in [6.07, 6.45) is 1.78. The van der Waals surface area contributed by atoms with Gasteiger partial charge in [0, 0.05) is 23.8 Å². The highest BCUT2D eigenvalue weighted by molar-refractivity contribution is 9.10. The maximum Gasteiger partial charge on any atom is 0.147 e. The zero-order chi connectivity index (χ0) is 10.3. The normalized spacial score (nSPS) is 19.3. The summed E-state index contributed by atoms with van der Waals surface area (Å²) in [4.78, 5) is 6.52. The lowest BCUT2D eigenvalue weighted by Gasteiger charge is -2.46. The van der Waals surface area contributed by atoms with Crippen molar-refractivity contribution in [2.45, 2.75) is 13.8 Å². The van der Waals surface area contributed by atoms with E-state index in [0.717, 1.165) is 28.4 Å². The van der Waals surface area contributed by atoms with Crippen LogP contribution in [0.15, 0.2) is 16.7 Å². The number of rotatable bonds is 1. The van der Waals surface area contributed by atoms with Gasteiger partial charge in [-0.1, -0.05) is 25.4 Å². The second-order valence-corrected chi connectivity index (χ2v) is 5.80. The van der Waals surface area contributed by atoms with Crippen LogP contribution in [0.25, 0.3) is 0 Å². The van der Waals surface area contributed by atoms with Crippen molar-refractivity contribution in [1.82, 2.24) is 4.98 Å². The number of halogens is 2. The highest BCUT2D eigenvalue weighted by Gasteiger charge is 2.35. The molecule has 2 rings (SSSR count). The Balaban J connectivity index is 2.19. The number of nitrogens with zero attached hydrogens (tertiary/aromatic N) is 2. The van der Waals surface area contributed by atoms with Crippen molar-refractivity contribution in [1.29, 1.82) is 0 Å². The molecule has 0 N–H and O–H groups in total. The van der Waals surface area contributed by atoms with Gasteiger partial charge in [0.15, 0.2) is 0 Å². The Hall–Kier alpha value is -0.280. The van der Waals surface area contributed by atoms with Gasteiger partial charge < -0.3 is 4.90 Å². The third-order valence-corrected chi connectivity index (χ3v) is 3.04. The molecule has 0 aromatic carbocycles. The summed E-state index contributed by atoms with van der Waals surface area (Å²) < 4.78 is 0.922. The standard InChI is InChI=1S/C10H12BrClN2/c1-10(2)5-14(6-10)9-8(12)3-7(11)4-13-9/h3-4H,5-6H2,1-2H3. The van der Waals surface area contributed by atoms with Gasteiger partial charge in [-0.2, -0.15) is 0 Å².